The molecule has 4 nitrogen and oxygen atoms in total. The maximum absolute atomic E-state index is 13.1. The molecule has 1 aromatic heterocycles. The largest absolute Gasteiger partial charge is 0.393 e. The lowest BCUT2D eigenvalue weighted by atomic mass is 9.44. The van der Waals surface area contributed by atoms with E-state index in [1.165, 1.54) is 24.1 Å². The summed E-state index contributed by atoms with van der Waals surface area (Å²) in [5.41, 5.74) is 0.396. The van der Waals surface area contributed by atoms with E-state index in [1.807, 2.05) is 0 Å². The van der Waals surface area contributed by atoms with Gasteiger partial charge in [-0.25, -0.2) is 0 Å². The molecule has 0 spiro atoms. The number of aliphatic hydroxyl groups is 1. The van der Waals surface area contributed by atoms with E-state index in [4.69, 9.17) is 0 Å². The van der Waals surface area contributed by atoms with Crippen LogP contribution < -0.4 is 5.32 Å². The summed E-state index contributed by atoms with van der Waals surface area (Å²) in [6, 6.07) is 4.24. The predicted octanol–water partition coefficient (Wildman–Crippen LogP) is 7.30. The second-order valence-corrected chi connectivity index (χ2v) is 15.6. The molecule has 0 aliphatic heterocycles. The second kappa shape index (κ2) is 10.1. The average molecular weight is 579 g/mol. The zero-order chi connectivity index (χ0) is 25.8. The highest BCUT2D eigenvalue weighted by Gasteiger charge is 2.62. The van der Waals surface area contributed by atoms with Crippen molar-refractivity contribution in [1.82, 2.24) is 5.32 Å². The van der Waals surface area contributed by atoms with Gasteiger partial charge in [0.05, 0.1) is 15.9 Å². The molecule has 0 bridgehead atoms. The van der Waals surface area contributed by atoms with Gasteiger partial charge in [-0.05, 0) is 119 Å². The van der Waals surface area contributed by atoms with E-state index in [0.29, 0.717) is 54.1 Å². The molecule has 4 fully saturated rings. The minimum absolute atomic E-state index is 0.0804. The number of hydrogen-bond donors (Lipinski definition) is 2. The van der Waals surface area contributed by atoms with Crippen LogP contribution in [0.15, 0.2) is 15.9 Å². The lowest BCUT2D eigenvalue weighted by Gasteiger charge is -2.61. The zero-order valence-electron chi connectivity index (χ0n) is 22.4. The van der Waals surface area contributed by atoms with E-state index < -0.39 is 0 Å². The molecule has 200 valence electrons. The van der Waals surface area contributed by atoms with Crippen molar-refractivity contribution in [3.63, 3.8) is 0 Å². The molecule has 1 heterocycles. The third-order valence-electron chi connectivity index (χ3n) is 11.4. The van der Waals surface area contributed by atoms with Crippen molar-refractivity contribution in [2.75, 3.05) is 0 Å². The van der Waals surface area contributed by atoms with Crippen LogP contribution in [0.25, 0.3) is 0 Å². The lowest BCUT2D eigenvalue weighted by molar-refractivity contribution is -0.169. The smallest absolute Gasteiger partial charge is 0.220 e. The Hall–Kier alpha value is -0.720. The van der Waals surface area contributed by atoms with Crippen LogP contribution in [0.3, 0.4) is 0 Å². The van der Waals surface area contributed by atoms with Crippen LogP contribution in [0.1, 0.15) is 103 Å². The molecule has 1 unspecified atom stereocenters. The molecule has 2 N–H and O–H groups in total. The van der Waals surface area contributed by atoms with E-state index in [1.54, 1.807) is 11.3 Å². The Balaban J connectivity index is 1.27. The zero-order valence-corrected chi connectivity index (χ0v) is 24.8. The second-order valence-electron chi connectivity index (χ2n) is 13.1. The van der Waals surface area contributed by atoms with Crippen molar-refractivity contribution in [2.24, 2.45) is 46.3 Å². The molecule has 1 amide bonds. The highest BCUT2D eigenvalue weighted by molar-refractivity contribution is 9.11. The number of carbonyl (C=O) groups is 2. The summed E-state index contributed by atoms with van der Waals surface area (Å²) in [6.07, 6.45) is 9.09. The number of nitrogens with one attached hydrogen (secondary N) is 1. The van der Waals surface area contributed by atoms with E-state index in [2.05, 4.69) is 61.1 Å². The molecular formula is C30H44BrNO3S. The first-order valence-electron chi connectivity index (χ1n) is 14.3. The average Bonchev–Trinajstić information content (AvgIpc) is 3.41. The summed E-state index contributed by atoms with van der Waals surface area (Å²) in [5.74, 6) is 3.19. The summed E-state index contributed by atoms with van der Waals surface area (Å²) in [7, 11) is 0. The number of thiophene rings is 1. The van der Waals surface area contributed by atoms with Crippen LogP contribution in [0.2, 0.25) is 0 Å². The number of aliphatic hydroxyl groups excluding tert-OH is 1. The van der Waals surface area contributed by atoms with Gasteiger partial charge in [-0.3, -0.25) is 9.59 Å². The van der Waals surface area contributed by atoms with Crippen LogP contribution in [-0.4, -0.2) is 22.9 Å². The summed E-state index contributed by atoms with van der Waals surface area (Å²) in [5, 5.41) is 14.7. The number of Topliss-reactive ketones (excluding diaryl/α,β-unsaturated/α-hetero) is 1. The number of carbonyl (C=O) groups excluding carboxylic acids is 2. The van der Waals surface area contributed by atoms with E-state index >= 15 is 0 Å². The summed E-state index contributed by atoms with van der Waals surface area (Å²) >= 11 is 5.24. The Kier molecular flexibility index (Phi) is 7.55. The number of halogens is 1. The first-order valence-corrected chi connectivity index (χ1v) is 15.9. The Morgan fingerprint density at radius 3 is 2.64 bits per heavy atom. The minimum atomic E-state index is -0.281. The molecule has 4 aliphatic rings. The number of amides is 1. The van der Waals surface area contributed by atoms with E-state index in [-0.39, 0.29) is 28.9 Å². The summed E-state index contributed by atoms with van der Waals surface area (Å²) in [6.45, 7) is 9.33. The van der Waals surface area contributed by atoms with Crippen molar-refractivity contribution < 1.29 is 14.7 Å². The number of hydrogen-bond acceptors (Lipinski definition) is 4. The quantitative estimate of drug-likeness (QED) is 0.372. The van der Waals surface area contributed by atoms with Crippen LogP contribution >= 0.6 is 27.3 Å². The fourth-order valence-electron chi connectivity index (χ4n) is 9.57. The fourth-order valence-corrected chi connectivity index (χ4v) is 11.1. The third kappa shape index (κ3) is 4.55. The maximum Gasteiger partial charge on any atom is 0.220 e. The Morgan fingerprint density at radius 1 is 1.19 bits per heavy atom. The monoisotopic (exact) mass is 577 g/mol. The third-order valence-corrected chi connectivity index (χ3v) is 13.2. The Labute approximate surface area is 229 Å². The first kappa shape index (κ1) is 26.9. The van der Waals surface area contributed by atoms with E-state index in [0.717, 1.165) is 35.9 Å². The van der Waals surface area contributed by atoms with Gasteiger partial charge in [-0.1, -0.05) is 27.7 Å². The molecule has 1 aromatic rings. The normalized spacial score (nSPS) is 41.7. The van der Waals surface area contributed by atoms with Crippen LogP contribution in [0, 0.1) is 46.3 Å². The molecule has 6 heteroatoms. The molecule has 4 aliphatic carbocycles. The van der Waals surface area contributed by atoms with Gasteiger partial charge in [0, 0.05) is 24.1 Å². The van der Waals surface area contributed by atoms with Gasteiger partial charge < -0.3 is 10.4 Å². The van der Waals surface area contributed by atoms with Gasteiger partial charge in [0.25, 0.3) is 0 Å². The van der Waals surface area contributed by atoms with Crippen molar-refractivity contribution >= 4 is 39.0 Å². The van der Waals surface area contributed by atoms with Gasteiger partial charge in [0.1, 0.15) is 5.78 Å². The van der Waals surface area contributed by atoms with Crippen LogP contribution in [-0.2, 0) is 9.59 Å². The molecule has 36 heavy (non-hydrogen) atoms. The Morgan fingerprint density at radius 2 is 1.94 bits per heavy atom. The van der Waals surface area contributed by atoms with Gasteiger partial charge in [0.15, 0.2) is 0 Å². The number of rotatable bonds is 6. The SMILES string of the molecule is CCC(NC(=O)C[C@@H](C)[C@H]1CC[C@H]2[C@@H]3[C@H](O)C[C@@H]4CC(=O)CC[C@]4(C)[C@H]3CC[C@]12C)c1ccc(Br)s1. The van der Waals surface area contributed by atoms with Crippen molar-refractivity contribution in [3.05, 3.63) is 20.8 Å². The number of ketones is 1. The lowest BCUT2D eigenvalue weighted by Crippen LogP contribution is -2.58. The highest BCUT2D eigenvalue weighted by atomic mass is 79.9. The molecule has 0 saturated heterocycles. The number of fused-ring (bicyclic) bond motifs is 5. The topological polar surface area (TPSA) is 66.4 Å². The van der Waals surface area contributed by atoms with Gasteiger partial charge in [-0.15, -0.1) is 11.3 Å². The summed E-state index contributed by atoms with van der Waals surface area (Å²) in [4.78, 5) is 26.6. The van der Waals surface area contributed by atoms with E-state index in [9.17, 15) is 14.7 Å². The molecule has 10 atom stereocenters. The van der Waals surface area contributed by atoms with Crippen LogP contribution in [0.5, 0.6) is 0 Å². The fraction of sp³-hybridized carbons (Fsp3) is 0.800. The van der Waals surface area contributed by atoms with Gasteiger partial charge in [-0.2, -0.15) is 0 Å². The van der Waals surface area contributed by atoms with Gasteiger partial charge in [0.2, 0.25) is 5.91 Å². The maximum atomic E-state index is 13.1. The standard InChI is InChI=1S/C30H44BrNO3S/c1-5-23(25-8-9-26(31)36-25)32-27(35)14-17(2)20-6-7-21-28-22(11-13-30(20,21)4)29(3)12-10-19(33)15-18(29)16-24(28)34/h8-9,17-18,20-24,28,34H,5-7,10-16H2,1-4H3,(H,32,35)/t17-,18+,20-,21+,22+,23?,24-,28+,29+,30-/m1/s1. The van der Waals surface area contributed by atoms with Crippen molar-refractivity contribution in [1.29, 1.82) is 0 Å². The molecule has 4 saturated carbocycles. The van der Waals surface area contributed by atoms with Crippen molar-refractivity contribution in [3.8, 4) is 0 Å². The molecule has 5 rings (SSSR count). The highest BCUT2D eigenvalue weighted by Crippen LogP contribution is 2.68. The van der Waals surface area contributed by atoms with Crippen LogP contribution in [0.4, 0.5) is 0 Å². The predicted molar refractivity (Wildman–Crippen MR) is 149 cm³/mol. The summed E-state index contributed by atoms with van der Waals surface area (Å²) < 4.78 is 1.10. The van der Waals surface area contributed by atoms with Gasteiger partial charge >= 0.3 is 0 Å². The minimum Gasteiger partial charge on any atom is -0.393 e. The first-order chi connectivity index (χ1) is 17.1. The Bertz CT molecular complexity index is 995. The molecular weight excluding hydrogens is 534 g/mol. The molecule has 0 aromatic carbocycles. The molecule has 0 radical (unpaired) electrons. The van der Waals surface area contributed by atoms with Crippen molar-refractivity contribution in [2.45, 2.75) is 104 Å².